The highest BCUT2D eigenvalue weighted by atomic mass is 127. The zero-order valence-corrected chi connectivity index (χ0v) is 19.1. The molecule has 0 spiro atoms. The maximum absolute atomic E-state index is 5.18. The van der Waals surface area contributed by atoms with Gasteiger partial charge in [0.15, 0.2) is 5.96 Å². The van der Waals surface area contributed by atoms with Gasteiger partial charge in [-0.1, -0.05) is 26.0 Å². The van der Waals surface area contributed by atoms with E-state index in [4.69, 9.17) is 4.74 Å². The zero-order chi connectivity index (χ0) is 18.1. The lowest BCUT2D eigenvalue weighted by molar-refractivity contribution is 0.414. The molecule has 0 aliphatic heterocycles. The third-order valence-corrected chi connectivity index (χ3v) is 4.59. The Morgan fingerprint density at radius 2 is 1.96 bits per heavy atom. The number of aliphatic imine (C=N–C) groups is 1. The number of benzene rings is 1. The Morgan fingerprint density at radius 1 is 1.23 bits per heavy atom. The molecular weight excluding hydrogens is 459 g/mol. The van der Waals surface area contributed by atoms with E-state index in [1.807, 2.05) is 12.1 Å². The van der Waals surface area contributed by atoms with Crippen LogP contribution in [-0.2, 0) is 13.0 Å². The first-order valence-corrected chi connectivity index (χ1v) is 9.59. The molecule has 0 aliphatic carbocycles. The Labute approximate surface area is 177 Å². The van der Waals surface area contributed by atoms with Crippen molar-refractivity contribution in [2.45, 2.75) is 39.7 Å². The predicted octanol–water partition coefficient (Wildman–Crippen LogP) is 4.19. The molecule has 0 saturated carbocycles. The molecule has 1 aromatic carbocycles. The van der Waals surface area contributed by atoms with Crippen LogP contribution in [0.15, 0.2) is 34.6 Å². The lowest BCUT2D eigenvalue weighted by atomic mass is 10.1. The molecule has 0 atom stereocenters. The van der Waals surface area contributed by atoms with E-state index in [9.17, 15) is 0 Å². The monoisotopic (exact) mass is 488 g/mol. The molecule has 0 amide bonds. The fourth-order valence-corrected chi connectivity index (χ4v) is 3.15. The van der Waals surface area contributed by atoms with Crippen LogP contribution >= 0.6 is 35.3 Å². The number of guanidine groups is 1. The van der Waals surface area contributed by atoms with Crippen molar-refractivity contribution in [1.82, 2.24) is 15.6 Å². The van der Waals surface area contributed by atoms with Gasteiger partial charge >= 0.3 is 0 Å². The van der Waals surface area contributed by atoms with Crippen LogP contribution in [-0.4, -0.2) is 31.1 Å². The van der Waals surface area contributed by atoms with Crippen LogP contribution in [0.2, 0.25) is 0 Å². The van der Waals surface area contributed by atoms with Gasteiger partial charge in [-0.15, -0.1) is 35.3 Å². The van der Waals surface area contributed by atoms with Crippen molar-refractivity contribution in [1.29, 1.82) is 0 Å². The van der Waals surface area contributed by atoms with E-state index in [-0.39, 0.29) is 24.0 Å². The second-order valence-corrected chi connectivity index (χ2v) is 6.98. The zero-order valence-electron chi connectivity index (χ0n) is 15.9. The number of nitrogens with one attached hydrogen (secondary N) is 2. The number of ether oxygens (including phenoxy) is 1. The molecular formula is C19H29IN4OS. The minimum atomic E-state index is 0. The summed E-state index contributed by atoms with van der Waals surface area (Å²) in [6.45, 7) is 8.66. The first kappa shape index (κ1) is 22.7. The van der Waals surface area contributed by atoms with Crippen LogP contribution in [0.3, 0.4) is 0 Å². The van der Waals surface area contributed by atoms with E-state index in [1.165, 1.54) is 5.56 Å². The highest BCUT2D eigenvalue weighted by molar-refractivity contribution is 14.0. The molecule has 2 rings (SSSR count). The largest absolute Gasteiger partial charge is 0.497 e. The molecule has 1 aromatic heterocycles. The number of hydrogen-bond acceptors (Lipinski definition) is 4. The third-order valence-electron chi connectivity index (χ3n) is 3.74. The minimum absolute atomic E-state index is 0. The van der Waals surface area contributed by atoms with Crippen LogP contribution in [0.5, 0.6) is 5.75 Å². The number of aromatic nitrogens is 1. The van der Waals surface area contributed by atoms with Crippen molar-refractivity contribution in [2.24, 2.45) is 4.99 Å². The van der Waals surface area contributed by atoms with Gasteiger partial charge in [-0.3, -0.25) is 0 Å². The molecule has 26 heavy (non-hydrogen) atoms. The van der Waals surface area contributed by atoms with Gasteiger partial charge in [-0.2, -0.15) is 0 Å². The quantitative estimate of drug-likeness (QED) is 0.333. The topological polar surface area (TPSA) is 58.5 Å². The van der Waals surface area contributed by atoms with Gasteiger partial charge < -0.3 is 15.4 Å². The Kier molecular flexibility index (Phi) is 10.6. The molecule has 2 N–H and O–H groups in total. The molecule has 1 heterocycles. The van der Waals surface area contributed by atoms with Gasteiger partial charge in [0.2, 0.25) is 0 Å². The van der Waals surface area contributed by atoms with Crippen molar-refractivity contribution < 1.29 is 4.74 Å². The number of hydrogen-bond donors (Lipinski definition) is 2. The number of halogens is 1. The van der Waals surface area contributed by atoms with Gasteiger partial charge in [-0.05, 0) is 37.0 Å². The maximum Gasteiger partial charge on any atom is 0.191 e. The van der Waals surface area contributed by atoms with E-state index in [2.05, 4.69) is 58.9 Å². The van der Waals surface area contributed by atoms with Gasteiger partial charge in [-0.25, -0.2) is 9.98 Å². The van der Waals surface area contributed by atoms with Crippen LogP contribution in [0.4, 0.5) is 0 Å². The standard InChI is InChI=1S/C19H28N4OS.HI/c1-5-20-19(22-12-18-23-17(13-25-18)14(2)3)21-11-10-15-6-8-16(24-4)9-7-15;/h6-9,13-14H,5,10-12H2,1-4H3,(H2,20,21,22);1H. The van der Waals surface area contributed by atoms with Gasteiger partial charge in [0.25, 0.3) is 0 Å². The second-order valence-electron chi connectivity index (χ2n) is 6.04. The molecule has 2 aromatic rings. The molecule has 0 radical (unpaired) electrons. The smallest absolute Gasteiger partial charge is 0.191 e. The van der Waals surface area contributed by atoms with E-state index in [0.717, 1.165) is 41.9 Å². The molecule has 7 heteroatoms. The average Bonchev–Trinajstić information content (AvgIpc) is 3.09. The molecule has 0 unspecified atom stereocenters. The first-order chi connectivity index (χ1) is 12.1. The summed E-state index contributed by atoms with van der Waals surface area (Å²) in [5.74, 6) is 2.18. The van der Waals surface area contributed by atoms with Crippen molar-refractivity contribution in [3.05, 3.63) is 45.9 Å². The molecule has 0 fully saturated rings. The Bertz CT molecular complexity index is 670. The number of thiazole rings is 1. The van der Waals surface area contributed by atoms with Crippen LogP contribution in [0.1, 0.15) is 43.0 Å². The van der Waals surface area contributed by atoms with E-state index in [1.54, 1.807) is 18.4 Å². The summed E-state index contributed by atoms with van der Waals surface area (Å²) in [5.41, 5.74) is 2.42. The summed E-state index contributed by atoms with van der Waals surface area (Å²) in [6, 6.07) is 8.16. The van der Waals surface area contributed by atoms with Crippen LogP contribution in [0, 0.1) is 0 Å². The molecule has 0 saturated heterocycles. The van der Waals surface area contributed by atoms with E-state index in [0.29, 0.717) is 12.5 Å². The highest BCUT2D eigenvalue weighted by Gasteiger charge is 2.05. The van der Waals surface area contributed by atoms with Gasteiger partial charge in [0, 0.05) is 18.5 Å². The van der Waals surface area contributed by atoms with Gasteiger partial charge in [0.1, 0.15) is 10.8 Å². The lowest BCUT2D eigenvalue weighted by Crippen LogP contribution is -2.38. The maximum atomic E-state index is 5.18. The minimum Gasteiger partial charge on any atom is -0.497 e. The highest BCUT2D eigenvalue weighted by Crippen LogP contribution is 2.18. The molecule has 5 nitrogen and oxygen atoms in total. The van der Waals surface area contributed by atoms with E-state index >= 15 is 0 Å². The second kappa shape index (κ2) is 12.1. The van der Waals surface area contributed by atoms with Crippen molar-refractivity contribution in [2.75, 3.05) is 20.2 Å². The molecule has 0 bridgehead atoms. The Morgan fingerprint density at radius 3 is 2.54 bits per heavy atom. The van der Waals surface area contributed by atoms with Crippen molar-refractivity contribution in [3.63, 3.8) is 0 Å². The normalized spacial score (nSPS) is 11.2. The lowest BCUT2D eigenvalue weighted by Gasteiger charge is -2.11. The summed E-state index contributed by atoms with van der Waals surface area (Å²) >= 11 is 1.68. The third kappa shape index (κ3) is 7.49. The summed E-state index contributed by atoms with van der Waals surface area (Å²) in [7, 11) is 1.68. The van der Waals surface area contributed by atoms with E-state index < -0.39 is 0 Å². The number of nitrogens with zero attached hydrogens (tertiary/aromatic N) is 2. The first-order valence-electron chi connectivity index (χ1n) is 8.71. The van der Waals surface area contributed by atoms with Crippen LogP contribution < -0.4 is 15.4 Å². The number of methoxy groups -OCH3 is 1. The summed E-state index contributed by atoms with van der Waals surface area (Å²) in [5, 5.41) is 9.84. The SMILES string of the molecule is CCNC(=NCc1nc(C(C)C)cs1)NCCc1ccc(OC)cc1.I. The fraction of sp³-hybridized carbons (Fsp3) is 0.474. The van der Waals surface area contributed by atoms with Crippen molar-refractivity contribution in [3.8, 4) is 5.75 Å². The predicted molar refractivity (Wildman–Crippen MR) is 121 cm³/mol. The molecule has 144 valence electrons. The summed E-state index contributed by atoms with van der Waals surface area (Å²) in [6.07, 6.45) is 0.934. The summed E-state index contributed by atoms with van der Waals surface area (Å²) < 4.78 is 5.18. The van der Waals surface area contributed by atoms with Gasteiger partial charge in [0.05, 0.1) is 19.3 Å². The number of rotatable bonds is 8. The Hall–Kier alpha value is -1.35. The average molecular weight is 488 g/mol. The van der Waals surface area contributed by atoms with Crippen molar-refractivity contribution >= 4 is 41.3 Å². The van der Waals surface area contributed by atoms with Crippen LogP contribution in [0.25, 0.3) is 0 Å². The summed E-state index contributed by atoms with van der Waals surface area (Å²) in [4.78, 5) is 9.27. The Balaban J connectivity index is 0.00000338. The molecule has 0 aliphatic rings. The fourth-order valence-electron chi connectivity index (χ4n) is 2.27.